The Morgan fingerprint density at radius 2 is 1.70 bits per heavy atom. The maximum absolute atomic E-state index is 5.92. The van der Waals surface area contributed by atoms with Gasteiger partial charge in [0.2, 0.25) is 5.95 Å². The summed E-state index contributed by atoms with van der Waals surface area (Å²) in [6.45, 7) is 1.99. The highest BCUT2D eigenvalue weighted by Gasteiger charge is 2.13. The molecule has 1 fully saturated rings. The number of rotatable bonds is 4. The minimum absolute atomic E-state index is 0.489. The van der Waals surface area contributed by atoms with Crippen LogP contribution in [0.1, 0.15) is 44.2 Å². The summed E-state index contributed by atoms with van der Waals surface area (Å²) >= 11 is 5.92. The highest BCUT2D eigenvalue weighted by Crippen LogP contribution is 2.22. The Morgan fingerprint density at radius 3 is 2.39 bits per heavy atom. The van der Waals surface area contributed by atoms with Gasteiger partial charge in [-0.3, -0.25) is 0 Å². The smallest absolute Gasteiger partial charge is 0.225 e. The average molecular weight is 331 g/mol. The second kappa shape index (κ2) is 7.64. The van der Waals surface area contributed by atoms with Crippen LogP contribution in [0, 0.1) is 6.92 Å². The lowest BCUT2D eigenvalue weighted by Crippen LogP contribution is -2.20. The number of aryl methyl sites for hydroxylation is 1. The van der Waals surface area contributed by atoms with Gasteiger partial charge >= 0.3 is 0 Å². The first kappa shape index (κ1) is 16.1. The van der Waals surface area contributed by atoms with Gasteiger partial charge in [-0.2, -0.15) is 4.98 Å². The molecule has 0 spiro atoms. The summed E-state index contributed by atoms with van der Waals surface area (Å²) in [6, 6.07) is 10.1. The largest absolute Gasteiger partial charge is 0.351 e. The van der Waals surface area contributed by atoms with Gasteiger partial charge < -0.3 is 10.6 Å². The molecule has 122 valence electrons. The van der Waals surface area contributed by atoms with Crippen LogP contribution in [0.5, 0.6) is 0 Å². The predicted molar refractivity (Wildman–Crippen MR) is 96.6 cm³/mol. The summed E-state index contributed by atoms with van der Waals surface area (Å²) in [5.41, 5.74) is 1.92. The van der Waals surface area contributed by atoms with E-state index >= 15 is 0 Å². The fourth-order valence-corrected chi connectivity index (χ4v) is 3.11. The fourth-order valence-electron chi connectivity index (χ4n) is 2.98. The van der Waals surface area contributed by atoms with E-state index in [-0.39, 0.29) is 0 Å². The zero-order chi connectivity index (χ0) is 16.1. The number of hydrogen-bond donors (Lipinski definition) is 2. The van der Waals surface area contributed by atoms with Crippen molar-refractivity contribution in [3.05, 3.63) is 41.0 Å². The third-order valence-electron chi connectivity index (χ3n) is 4.16. The lowest BCUT2D eigenvalue weighted by atomic mass is 10.1. The Kier molecular flexibility index (Phi) is 5.34. The number of nitrogens with one attached hydrogen (secondary N) is 2. The molecule has 0 atom stereocenters. The molecular formula is C18H23ClN4. The molecule has 0 bridgehead atoms. The van der Waals surface area contributed by atoms with Crippen LogP contribution < -0.4 is 10.6 Å². The molecule has 0 amide bonds. The van der Waals surface area contributed by atoms with E-state index in [1.807, 2.05) is 37.3 Å². The zero-order valence-electron chi connectivity index (χ0n) is 13.5. The number of benzene rings is 1. The van der Waals surface area contributed by atoms with E-state index in [9.17, 15) is 0 Å². The Balaban J connectivity index is 1.71. The fraction of sp³-hybridized carbons (Fsp3) is 0.444. The third kappa shape index (κ3) is 4.83. The molecule has 2 aromatic rings. The highest BCUT2D eigenvalue weighted by atomic mass is 35.5. The standard InChI is InChI=1S/C18H23ClN4/c1-13-12-17(21-16-10-8-14(19)9-11-16)23-18(20-13)22-15-6-4-2-3-5-7-15/h8-12,15H,2-7H2,1H3,(H2,20,21,22,23). The van der Waals surface area contributed by atoms with Crippen molar-refractivity contribution in [3.63, 3.8) is 0 Å². The van der Waals surface area contributed by atoms with Gasteiger partial charge in [-0.05, 0) is 44.0 Å². The molecule has 5 heteroatoms. The van der Waals surface area contributed by atoms with Gasteiger partial charge in [-0.15, -0.1) is 0 Å². The van der Waals surface area contributed by atoms with Crippen LogP contribution in [0.4, 0.5) is 17.5 Å². The number of aromatic nitrogens is 2. The quantitative estimate of drug-likeness (QED) is 0.745. The molecule has 2 N–H and O–H groups in total. The lowest BCUT2D eigenvalue weighted by Gasteiger charge is -2.17. The van der Waals surface area contributed by atoms with E-state index in [2.05, 4.69) is 20.6 Å². The van der Waals surface area contributed by atoms with E-state index in [4.69, 9.17) is 11.6 Å². The van der Waals surface area contributed by atoms with E-state index in [0.717, 1.165) is 22.2 Å². The molecule has 23 heavy (non-hydrogen) atoms. The van der Waals surface area contributed by atoms with Crippen LogP contribution in [0.25, 0.3) is 0 Å². The van der Waals surface area contributed by atoms with Gasteiger partial charge in [0.25, 0.3) is 0 Å². The SMILES string of the molecule is Cc1cc(Nc2ccc(Cl)cc2)nc(NC2CCCCCC2)n1. The van der Waals surface area contributed by atoms with Crippen molar-refractivity contribution in [2.24, 2.45) is 0 Å². The topological polar surface area (TPSA) is 49.8 Å². The second-order valence-electron chi connectivity index (χ2n) is 6.18. The number of nitrogens with zero attached hydrogens (tertiary/aromatic N) is 2. The first-order valence-electron chi connectivity index (χ1n) is 8.34. The molecule has 1 saturated carbocycles. The molecule has 1 aromatic heterocycles. The maximum Gasteiger partial charge on any atom is 0.225 e. The maximum atomic E-state index is 5.92. The van der Waals surface area contributed by atoms with Crippen molar-refractivity contribution in [1.29, 1.82) is 0 Å². The molecule has 1 aliphatic rings. The summed E-state index contributed by atoms with van der Waals surface area (Å²) in [5, 5.41) is 7.55. The summed E-state index contributed by atoms with van der Waals surface area (Å²) in [6.07, 6.45) is 7.68. The van der Waals surface area contributed by atoms with Crippen molar-refractivity contribution in [1.82, 2.24) is 9.97 Å². The molecule has 1 aliphatic carbocycles. The van der Waals surface area contributed by atoms with E-state index < -0.39 is 0 Å². The zero-order valence-corrected chi connectivity index (χ0v) is 14.2. The van der Waals surface area contributed by atoms with Crippen LogP contribution in [0.3, 0.4) is 0 Å². The number of halogens is 1. The van der Waals surface area contributed by atoms with Gasteiger partial charge in [0.15, 0.2) is 0 Å². The summed E-state index contributed by atoms with van der Waals surface area (Å²) in [7, 11) is 0. The predicted octanol–water partition coefficient (Wildman–Crippen LogP) is 5.32. The van der Waals surface area contributed by atoms with Crippen LogP contribution >= 0.6 is 11.6 Å². The van der Waals surface area contributed by atoms with Gasteiger partial charge in [-0.25, -0.2) is 4.98 Å². The minimum Gasteiger partial charge on any atom is -0.351 e. The molecule has 0 unspecified atom stereocenters. The average Bonchev–Trinajstić information content (AvgIpc) is 2.78. The van der Waals surface area contributed by atoms with E-state index in [0.29, 0.717) is 12.0 Å². The van der Waals surface area contributed by atoms with Crippen molar-refractivity contribution in [3.8, 4) is 0 Å². The molecule has 0 saturated heterocycles. The van der Waals surface area contributed by atoms with E-state index in [1.165, 1.54) is 38.5 Å². The molecular weight excluding hydrogens is 308 g/mol. The Morgan fingerprint density at radius 1 is 1.00 bits per heavy atom. The first-order valence-corrected chi connectivity index (χ1v) is 8.72. The number of anilines is 3. The normalized spacial score (nSPS) is 15.9. The van der Waals surface area contributed by atoms with Crippen molar-refractivity contribution in [2.75, 3.05) is 10.6 Å². The summed E-state index contributed by atoms with van der Waals surface area (Å²) in [4.78, 5) is 9.14. The molecule has 0 aliphatic heterocycles. The Bertz CT molecular complexity index is 634. The third-order valence-corrected chi connectivity index (χ3v) is 4.41. The van der Waals surface area contributed by atoms with Gasteiger partial charge in [0, 0.05) is 28.5 Å². The van der Waals surface area contributed by atoms with Crippen LogP contribution in [0.2, 0.25) is 5.02 Å². The molecule has 3 rings (SSSR count). The first-order chi connectivity index (χ1) is 11.2. The summed E-state index contributed by atoms with van der Waals surface area (Å²) in [5.74, 6) is 1.52. The highest BCUT2D eigenvalue weighted by molar-refractivity contribution is 6.30. The minimum atomic E-state index is 0.489. The lowest BCUT2D eigenvalue weighted by molar-refractivity contribution is 0.614. The molecule has 1 heterocycles. The van der Waals surface area contributed by atoms with Crippen LogP contribution in [-0.2, 0) is 0 Å². The van der Waals surface area contributed by atoms with Crippen molar-refractivity contribution in [2.45, 2.75) is 51.5 Å². The molecule has 1 aromatic carbocycles. The number of hydrogen-bond acceptors (Lipinski definition) is 4. The molecule has 0 radical (unpaired) electrons. The van der Waals surface area contributed by atoms with E-state index in [1.54, 1.807) is 0 Å². The molecule has 4 nitrogen and oxygen atoms in total. The van der Waals surface area contributed by atoms with Crippen LogP contribution in [-0.4, -0.2) is 16.0 Å². The Labute approximate surface area is 142 Å². The monoisotopic (exact) mass is 330 g/mol. The Hall–Kier alpha value is -1.81. The van der Waals surface area contributed by atoms with Crippen molar-refractivity contribution < 1.29 is 0 Å². The van der Waals surface area contributed by atoms with Crippen LogP contribution in [0.15, 0.2) is 30.3 Å². The second-order valence-corrected chi connectivity index (χ2v) is 6.62. The van der Waals surface area contributed by atoms with Gasteiger partial charge in [0.05, 0.1) is 0 Å². The van der Waals surface area contributed by atoms with Crippen molar-refractivity contribution >= 4 is 29.1 Å². The van der Waals surface area contributed by atoms with Gasteiger partial charge in [-0.1, -0.05) is 37.3 Å². The summed E-state index contributed by atoms with van der Waals surface area (Å²) < 4.78 is 0. The van der Waals surface area contributed by atoms with Gasteiger partial charge in [0.1, 0.15) is 5.82 Å².